The number of nitro benzene ring substituents is 1. The van der Waals surface area contributed by atoms with Crippen LogP contribution in [0.3, 0.4) is 0 Å². The predicted molar refractivity (Wildman–Crippen MR) is 126 cm³/mol. The normalized spacial score (nSPS) is 11.4. The van der Waals surface area contributed by atoms with Crippen molar-refractivity contribution in [1.29, 1.82) is 0 Å². The summed E-state index contributed by atoms with van der Waals surface area (Å²) in [7, 11) is 0. The number of hydrogen-bond acceptors (Lipinski definition) is 8. The summed E-state index contributed by atoms with van der Waals surface area (Å²) in [6.07, 6.45) is -3.48. The highest BCUT2D eigenvalue weighted by atomic mass is 16.7. The fourth-order valence-corrected chi connectivity index (χ4v) is 2.97. The molecule has 0 unspecified atom stereocenters. The van der Waals surface area contributed by atoms with Crippen LogP contribution in [0.2, 0.25) is 0 Å². The number of anilines is 1. The van der Waals surface area contributed by atoms with E-state index in [0.29, 0.717) is 5.56 Å². The van der Waals surface area contributed by atoms with Gasteiger partial charge in [0.1, 0.15) is 17.0 Å². The predicted octanol–water partition coefficient (Wildman–Crippen LogP) is 5.92. The van der Waals surface area contributed by atoms with E-state index in [9.17, 15) is 24.5 Å². The van der Waals surface area contributed by atoms with Gasteiger partial charge in [0.05, 0.1) is 10.6 Å². The summed E-state index contributed by atoms with van der Waals surface area (Å²) in [4.78, 5) is 48.3. The molecule has 0 radical (unpaired) electrons. The Morgan fingerprint density at radius 2 is 1.51 bits per heavy atom. The molecule has 2 aromatic rings. The summed E-state index contributed by atoms with van der Waals surface area (Å²) in [6, 6.07) is 9.76. The van der Waals surface area contributed by atoms with Crippen LogP contribution in [-0.4, -0.2) is 39.6 Å². The van der Waals surface area contributed by atoms with E-state index in [1.165, 1.54) is 24.3 Å². The van der Waals surface area contributed by atoms with Crippen LogP contribution in [0.15, 0.2) is 42.5 Å². The second kappa shape index (κ2) is 10.4. The lowest BCUT2D eigenvalue weighted by atomic mass is 10.0. The van der Waals surface area contributed by atoms with Crippen LogP contribution >= 0.6 is 0 Å². The lowest BCUT2D eigenvalue weighted by Gasteiger charge is -2.28. The number of carbonyl (C=O) groups is 3. The molecule has 0 bridgehead atoms. The van der Waals surface area contributed by atoms with E-state index in [1.54, 1.807) is 53.7 Å². The van der Waals surface area contributed by atoms with Gasteiger partial charge in [0.15, 0.2) is 0 Å². The monoisotopic (exact) mass is 488 g/mol. The smallest absolute Gasteiger partial charge is 0.449 e. The number of imide groups is 1. The maximum atomic E-state index is 12.9. The molecular weight excluding hydrogens is 460 g/mol. The van der Waals surface area contributed by atoms with Crippen molar-refractivity contribution in [2.24, 2.45) is 0 Å². The van der Waals surface area contributed by atoms with Gasteiger partial charge in [0.2, 0.25) is 0 Å². The summed E-state index contributed by atoms with van der Waals surface area (Å²) in [5, 5.41) is 20.3. The van der Waals surface area contributed by atoms with Crippen molar-refractivity contribution < 1.29 is 38.6 Å². The zero-order valence-corrected chi connectivity index (χ0v) is 20.4. The molecule has 188 valence electrons. The van der Waals surface area contributed by atoms with Gasteiger partial charge in [-0.05, 0) is 71.4 Å². The van der Waals surface area contributed by atoms with E-state index in [0.717, 1.165) is 11.0 Å². The zero-order valence-electron chi connectivity index (χ0n) is 20.4. The Labute approximate surface area is 202 Å². The first-order valence-electron chi connectivity index (χ1n) is 10.6. The van der Waals surface area contributed by atoms with Crippen molar-refractivity contribution in [3.63, 3.8) is 0 Å². The van der Waals surface area contributed by atoms with Gasteiger partial charge in [-0.25, -0.2) is 14.4 Å². The fourth-order valence-electron chi connectivity index (χ4n) is 2.97. The molecule has 0 atom stereocenters. The third kappa shape index (κ3) is 8.29. The molecule has 2 aromatic carbocycles. The zero-order chi connectivity index (χ0) is 26.6. The number of amides is 2. The fraction of sp³-hybridized carbons (Fsp3) is 0.375. The third-order valence-electron chi connectivity index (χ3n) is 4.17. The lowest BCUT2D eigenvalue weighted by Crippen LogP contribution is -2.43. The molecule has 0 saturated heterocycles. The molecule has 0 fully saturated rings. The second-order valence-electron chi connectivity index (χ2n) is 9.56. The highest BCUT2D eigenvalue weighted by Gasteiger charge is 2.32. The standard InChI is InChI=1S/C24H28N2O9/c1-23(2,3)34-20(27)25(21(28)35-24(4,5)6)17-9-7-8-15(13-17)12-16-14-18(33-22(29)30)10-11-19(16)26(31)32/h7-11,13-14H,12H2,1-6H3,(H,29,30). The summed E-state index contributed by atoms with van der Waals surface area (Å²) < 4.78 is 15.4. The minimum atomic E-state index is -1.56. The summed E-state index contributed by atoms with van der Waals surface area (Å²) in [5.74, 6) is -0.0848. The number of benzene rings is 2. The van der Waals surface area contributed by atoms with Crippen molar-refractivity contribution in [2.45, 2.75) is 59.2 Å². The molecule has 35 heavy (non-hydrogen) atoms. The highest BCUT2D eigenvalue weighted by Crippen LogP contribution is 2.29. The molecule has 11 heteroatoms. The number of hydrogen-bond donors (Lipinski definition) is 1. The molecule has 2 rings (SSSR count). The molecule has 0 aliphatic rings. The number of nitrogens with zero attached hydrogens (tertiary/aromatic N) is 2. The number of nitro groups is 1. The maximum Gasteiger partial charge on any atom is 0.511 e. The van der Waals surface area contributed by atoms with Gasteiger partial charge < -0.3 is 19.3 Å². The SMILES string of the molecule is CC(C)(C)OC(=O)N(C(=O)OC(C)(C)C)c1cccc(Cc2cc(OC(=O)O)ccc2[N+](=O)[O-])c1. The van der Waals surface area contributed by atoms with Crippen molar-refractivity contribution in [3.05, 3.63) is 63.7 Å². The van der Waals surface area contributed by atoms with Gasteiger partial charge in [-0.3, -0.25) is 10.1 Å². The van der Waals surface area contributed by atoms with Crippen molar-refractivity contribution >= 4 is 29.7 Å². The number of carboxylic acid groups (broad SMARTS) is 1. The van der Waals surface area contributed by atoms with Crippen molar-refractivity contribution in [2.75, 3.05) is 4.90 Å². The topological polar surface area (TPSA) is 146 Å². The molecule has 0 heterocycles. The maximum absolute atomic E-state index is 12.9. The average Bonchev–Trinajstić information content (AvgIpc) is 2.65. The Morgan fingerprint density at radius 3 is 2.00 bits per heavy atom. The van der Waals surface area contributed by atoms with Crippen LogP contribution < -0.4 is 9.64 Å². The molecule has 0 aromatic heterocycles. The highest BCUT2D eigenvalue weighted by molar-refractivity contribution is 6.09. The van der Waals surface area contributed by atoms with Crippen LogP contribution in [0.4, 0.5) is 25.8 Å². The molecular formula is C24H28N2O9. The molecule has 1 N–H and O–H groups in total. The number of rotatable bonds is 5. The van der Waals surface area contributed by atoms with Crippen molar-refractivity contribution in [3.8, 4) is 5.75 Å². The second-order valence-corrected chi connectivity index (χ2v) is 9.56. The molecule has 0 saturated carbocycles. The third-order valence-corrected chi connectivity index (χ3v) is 4.17. The van der Waals surface area contributed by atoms with Gasteiger partial charge in [0, 0.05) is 18.1 Å². The van der Waals surface area contributed by atoms with Crippen LogP contribution in [0.5, 0.6) is 5.75 Å². The summed E-state index contributed by atoms with van der Waals surface area (Å²) >= 11 is 0. The van der Waals surface area contributed by atoms with Crippen LogP contribution in [0, 0.1) is 10.1 Å². The quantitative estimate of drug-likeness (QED) is 0.234. The Balaban J connectivity index is 2.48. The van der Waals surface area contributed by atoms with Crippen LogP contribution in [0.25, 0.3) is 0 Å². The average molecular weight is 488 g/mol. The van der Waals surface area contributed by atoms with E-state index in [1.807, 2.05) is 0 Å². The molecule has 2 amide bonds. The molecule has 11 nitrogen and oxygen atoms in total. The van der Waals surface area contributed by atoms with E-state index < -0.39 is 34.5 Å². The van der Waals surface area contributed by atoms with Gasteiger partial charge in [-0.15, -0.1) is 0 Å². The summed E-state index contributed by atoms with van der Waals surface area (Å²) in [6.45, 7) is 9.92. The Hall–Kier alpha value is -4.15. The van der Waals surface area contributed by atoms with Gasteiger partial charge in [-0.1, -0.05) is 12.1 Å². The largest absolute Gasteiger partial charge is 0.511 e. The van der Waals surface area contributed by atoms with E-state index >= 15 is 0 Å². The van der Waals surface area contributed by atoms with Gasteiger partial charge >= 0.3 is 18.3 Å². The van der Waals surface area contributed by atoms with Gasteiger partial charge in [-0.2, -0.15) is 4.90 Å². The number of ether oxygens (including phenoxy) is 3. The number of carbonyl (C=O) groups excluding carboxylic acids is 2. The van der Waals surface area contributed by atoms with Crippen molar-refractivity contribution in [1.82, 2.24) is 0 Å². The van der Waals surface area contributed by atoms with E-state index in [2.05, 4.69) is 4.74 Å². The van der Waals surface area contributed by atoms with E-state index in [4.69, 9.17) is 14.6 Å². The molecule has 0 aliphatic carbocycles. The van der Waals surface area contributed by atoms with E-state index in [-0.39, 0.29) is 29.1 Å². The molecule has 0 spiro atoms. The Bertz CT molecular complexity index is 1100. The minimum Gasteiger partial charge on any atom is -0.449 e. The first kappa shape index (κ1) is 27.1. The van der Waals surface area contributed by atoms with Gasteiger partial charge in [0.25, 0.3) is 5.69 Å². The first-order valence-corrected chi connectivity index (χ1v) is 10.6. The Morgan fingerprint density at radius 1 is 0.943 bits per heavy atom. The Kier molecular flexibility index (Phi) is 8.06. The minimum absolute atomic E-state index is 0.0164. The summed E-state index contributed by atoms with van der Waals surface area (Å²) in [5.41, 5.74) is -1.22. The molecule has 0 aliphatic heterocycles. The van der Waals surface area contributed by atoms with Crippen LogP contribution in [-0.2, 0) is 15.9 Å². The van der Waals surface area contributed by atoms with Crippen LogP contribution in [0.1, 0.15) is 52.7 Å². The lowest BCUT2D eigenvalue weighted by molar-refractivity contribution is -0.385. The first-order chi connectivity index (χ1) is 16.1.